The molecule has 0 atom stereocenters. The molecule has 0 aliphatic carbocycles. The van der Waals surface area contributed by atoms with Gasteiger partial charge < -0.3 is 34.0 Å². The van der Waals surface area contributed by atoms with E-state index >= 15 is 0 Å². The average molecular weight is 1390 g/mol. The molecule has 508 valence electrons. The van der Waals surface area contributed by atoms with Crippen molar-refractivity contribution < 1.29 is 0 Å². The highest BCUT2D eigenvalue weighted by Gasteiger charge is 2.47. The van der Waals surface area contributed by atoms with E-state index in [1.165, 1.54) is 65.7 Å². The van der Waals surface area contributed by atoms with Gasteiger partial charge in [0.2, 0.25) is 0 Å². The van der Waals surface area contributed by atoms with Crippen molar-refractivity contribution in [2.45, 2.75) is 0 Å². The van der Waals surface area contributed by atoms with E-state index in [9.17, 15) is 0 Å². The first kappa shape index (κ1) is 62.1. The summed E-state index contributed by atoms with van der Waals surface area (Å²) >= 11 is 0. The Morgan fingerprint density at radius 3 is 1.11 bits per heavy atom. The number of anilines is 18. The highest BCUT2D eigenvalue weighted by Crippen LogP contribution is 2.53. The minimum atomic E-state index is -0.133. The zero-order valence-corrected chi connectivity index (χ0v) is 59.5. The predicted molar refractivity (Wildman–Crippen MR) is 461 cm³/mol. The maximum Gasteiger partial charge on any atom is 0.252 e. The smallest absolute Gasteiger partial charge is 0.252 e. The Morgan fingerprint density at radius 1 is 0.193 bits per heavy atom. The zero-order chi connectivity index (χ0) is 71.6. The maximum absolute atomic E-state index is 2.55. The van der Waals surface area contributed by atoms with Crippen molar-refractivity contribution in [3.63, 3.8) is 0 Å². The minimum absolute atomic E-state index is 0.0662. The fraction of sp³-hybridized carbons (Fsp3) is 0. The second kappa shape index (κ2) is 25.2. The van der Waals surface area contributed by atoms with Crippen molar-refractivity contribution in [3.8, 4) is 16.8 Å². The molecule has 7 nitrogen and oxygen atoms in total. The molecule has 109 heavy (non-hydrogen) atoms. The van der Waals surface area contributed by atoms with E-state index in [0.717, 1.165) is 119 Å². The molecule has 0 radical (unpaired) electrons. The van der Waals surface area contributed by atoms with Gasteiger partial charge in [-0.2, -0.15) is 0 Å². The van der Waals surface area contributed by atoms with Gasteiger partial charge in [0.05, 0.1) is 22.4 Å². The normalized spacial score (nSPS) is 12.8. The van der Waals surface area contributed by atoms with Gasteiger partial charge in [-0.15, -0.1) is 0 Å². The van der Waals surface area contributed by atoms with E-state index in [4.69, 9.17) is 0 Å². The molecule has 0 bridgehead atoms. The van der Waals surface area contributed by atoms with Crippen molar-refractivity contribution in [2.75, 3.05) is 29.4 Å². The van der Waals surface area contributed by atoms with Gasteiger partial charge in [-0.3, -0.25) is 0 Å². The number of fused-ring (bicyclic) bond motifs is 13. The topological polar surface area (TPSA) is 24.4 Å². The van der Waals surface area contributed by atoms with Gasteiger partial charge in [0.15, 0.2) is 0 Å². The summed E-state index contributed by atoms with van der Waals surface area (Å²) in [4.78, 5) is 15.0. The summed E-state index contributed by atoms with van der Waals surface area (Å²) in [6, 6.07) is 150. The molecule has 9 heteroatoms. The molecule has 17 aromatic carbocycles. The summed E-state index contributed by atoms with van der Waals surface area (Å²) in [5, 5.41) is 4.86. The SMILES string of the molecule is c1ccc(N(c2ccccc2)c2cc3c4c(c2)N(c2ccccc2)c2cc5c(cc2B4c2ccccc2N3c2ccccc2)c2ccc(-c3cccc(N(c4ccccc4)c4cc6c7c(c4)N(c4ccccc4)c4ccc8ccccc8c4B7c4ccccc4N6c4ccccc4)c3)cc2n5-c2ccccc2)cc1. The molecule has 0 unspecified atom stereocenters. The Labute approximate surface area is 634 Å². The van der Waals surface area contributed by atoms with Crippen molar-refractivity contribution in [1.82, 2.24) is 4.57 Å². The number of hydrogen-bond donors (Lipinski definition) is 0. The third-order valence-corrected chi connectivity index (χ3v) is 22.8. The predicted octanol–water partition coefficient (Wildman–Crippen LogP) is 22.7. The van der Waals surface area contributed by atoms with Crippen molar-refractivity contribution in [2.24, 2.45) is 0 Å². The third-order valence-electron chi connectivity index (χ3n) is 22.8. The summed E-state index contributed by atoms with van der Waals surface area (Å²) in [6.07, 6.45) is 0. The van der Waals surface area contributed by atoms with Gasteiger partial charge >= 0.3 is 0 Å². The fourth-order valence-corrected chi connectivity index (χ4v) is 18.3. The lowest BCUT2D eigenvalue weighted by Gasteiger charge is -2.45. The van der Waals surface area contributed by atoms with Crippen LogP contribution in [0.2, 0.25) is 0 Å². The summed E-state index contributed by atoms with van der Waals surface area (Å²) < 4.78 is 2.51. The van der Waals surface area contributed by atoms with Crippen LogP contribution in [0.1, 0.15) is 0 Å². The maximum atomic E-state index is 2.55. The molecule has 0 spiro atoms. The molecule has 0 amide bonds. The molecule has 0 saturated heterocycles. The van der Waals surface area contributed by atoms with E-state index in [1.54, 1.807) is 0 Å². The molecule has 4 aliphatic heterocycles. The molecule has 22 rings (SSSR count). The van der Waals surface area contributed by atoms with Gasteiger partial charge in [-0.05, 0) is 218 Å². The summed E-state index contributed by atoms with van der Waals surface area (Å²) in [5.74, 6) is 0. The van der Waals surface area contributed by atoms with Crippen LogP contribution in [0.5, 0.6) is 0 Å². The molecule has 0 saturated carbocycles. The van der Waals surface area contributed by atoms with Gasteiger partial charge in [-0.1, -0.05) is 243 Å². The summed E-state index contributed by atoms with van der Waals surface area (Å²) in [7, 11) is 0. The standard InChI is InChI=1S/C100H67B2N7/c1-9-34-71(35-10-1)103(72-36-11-2-12-37-72)80-62-94-99-95(63-80)109(78-48-23-8-24-49-78)93-67-92-84(66-87(93)101(99)85-52-27-29-54-88(85)105(94)74-40-15-4-16-41-74)83-58-56-70(61-91(83)108(92)77-46-21-7-22-47-77)69-33-31-50-79(60-69)104(73-38-13-3-14-39-73)81-64-96-100-97(65-81)107(76-44-19-6-20-45-76)90-59-57-68-32-25-26-51-82(68)98(90)102(100)86-53-28-30-55-89(86)106(96)75-42-17-5-18-43-75/h1-67H. The Bertz CT molecular complexity index is 6530. The lowest BCUT2D eigenvalue weighted by molar-refractivity contribution is 1.18. The second-order valence-electron chi connectivity index (χ2n) is 28.7. The molecule has 1 aromatic heterocycles. The summed E-state index contributed by atoms with van der Waals surface area (Å²) in [6.45, 7) is -0.199. The molecule has 4 aliphatic rings. The second-order valence-corrected chi connectivity index (χ2v) is 28.7. The van der Waals surface area contributed by atoms with Crippen LogP contribution < -0.4 is 62.2 Å². The molecule has 18 aromatic rings. The van der Waals surface area contributed by atoms with Crippen LogP contribution in [0.4, 0.5) is 102 Å². The van der Waals surface area contributed by atoms with E-state index < -0.39 is 0 Å². The van der Waals surface area contributed by atoms with E-state index in [-0.39, 0.29) is 13.4 Å². The van der Waals surface area contributed by atoms with Crippen molar-refractivity contribution in [1.29, 1.82) is 0 Å². The highest BCUT2D eigenvalue weighted by atomic mass is 15.2. The van der Waals surface area contributed by atoms with Gasteiger partial charge in [0, 0.05) is 107 Å². The molecular formula is C100H67B2N7. The Kier molecular flexibility index (Phi) is 14.4. The summed E-state index contributed by atoms with van der Waals surface area (Å²) in [5.41, 5.74) is 33.1. The Hall–Kier alpha value is -14.3. The van der Waals surface area contributed by atoms with Gasteiger partial charge in [0.1, 0.15) is 0 Å². The minimum Gasteiger partial charge on any atom is -0.311 e. The lowest BCUT2D eigenvalue weighted by Crippen LogP contribution is -2.61. The van der Waals surface area contributed by atoms with E-state index in [1.807, 2.05) is 0 Å². The average Bonchev–Trinajstić information content (AvgIpc) is 1.42. The molecular weight excluding hydrogens is 1320 g/mol. The number of para-hydroxylation sites is 10. The van der Waals surface area contributed by atoms with Crippen LogP contribution in [0.25, 0.3) is 49.4 Å². The number of hydrogen-bond acceptors (Lipinski definition) is 6. The van der Waals surface area contributed by atoms with Gasteiger partial charge in [-0.25, -0.2) is 0 Å². The Balaban J connectivity index is 0.754. The van der Waals surface area contributed by atoms with Crippen molar-refractivity contribution in [3.05, 3.63) is 406 Å². The van der Waals surface area contributed by atoms with E-state index in [2.05, 4.69) is 440 Å². The van der Waals surface area contributed by atoms with Gasteiger partial charge in [0.25, 0.3) is 13.4 Å². The van der Waals surface area contributed by atoms with Crippen LogP contribution in [0.3, 0.4) is 0 Å². The molecule has 5 heterocycles. The van der Waals surface area contributed by atoms with Crippen LogP contribution >= 0.6 is 0 Å². The first-order valence-corrected chi connectivity index (χ1v) is 37.6. The van der Waals surface area contributed by atoms with Crippen LogP contribution in [-0.2, 0) is 0 Å². The number of aromatic nitrogens is 1. The molecule has 0 fully saturated rings. The fourth-order valence-electron chi connectivity index (χ4n) is 18.3. The first-order chi connectivity index (χ1) is 54.1. The monoisotopic (exact) mass is 1390 g/mol. The largest absolute Gasteiger partial charge is 0.311 e. The zero-order valence-electron chi connectivity index (χ0n) is 59.5. The quantitative estimate of drug-likeness (QED) is 0.113. The van der Waals surface area contributed by atoms with Crippen LogP contribution in [0.15, 0.2) is 406 Å². The number of rotatable bonds is 12. The van der Waals surface area contributed by atoms with Crippen LogP contribution in [-0.4, -0.2) is 18.0 Å². The number of nitrogens with zero attached hydrogens (tertiary/aromatic N) is 7. The van der Waals surface area contributed by atoms with Crippen LogP contribution in [0, 0.1) is 0 Å². The van der Waals surface area contributed by atoms with Crippen molar-refractivity contribution >= 4 is 181 Å². The molecule has 0 N–H and O–H groups in total. The first-order valence-electron chi connectivity index (χ1n) is 37.6. The number of benzene rings is 17. The third kappa shape index (κ3) is 9.87. The lowest BCUT2D eigenvalue weighted by atomic mass is 9.33. The Morgan fingerprint density at radius 2 is 0.587 bits per heavy atom. The van der Waals surface area contributed by atoms with E-state index in [0.29, 0.717) is 0 Å². The highest BCUT2D eigenvalue weighted by molar-refractivity contribution is 7.02.